The van der Waals surface area contributed by atoms with E-state index < -0.39 is 0 Å². The second-order valence-electron chi connectivity index (χ2n) is 3.73. The topological polar surface area (TPSA) is 30.7 Å². The lowest BCUT2D eigenvalue weighted by Gasteiger charge is -2.07. The maximum Gasteiger partial charge on any atom is 0.163 e. The number of rotatable bonds is 4. The first-order chi connectivity index (χ1) is 8.26. The molecule has 0 amide bonds. The average Bonchev–Trinajstić information content (AvgIpc) is 2.74. The third-order valence-corrected chi connectivity index (χ3v) is 2.99. The Balaban J connectivity index is 2.43. The van der Waals surface area contributed by atoms with E-state index in [0.29, 0.717) is 10.9 Å². The van der Waals surface area contributed by atoms with Crippen LogP contribution in [0, 0.1) is 0 Å². The molecule has 3 nitrogen and oxygen atoms in total. The predicted molar refractivity (Wildman–Crippen MR) is 70.3 cm³/mol. The Labute approximate surface area is 110 Å². The summed E-state index contributed by atoms with van der Waals surface area (Å²) >= 11 is 11.7. The van der Waals surface area contributed by atoms with Gasteiger partial charge in [-0.25, -0.2) is 0 Å². The number of nitrogens with zero attached hydrogens (tertiary/aromatic N) is 3. The van der Waals surface area contributed by atoms with Crippen LogP contribution in [0.25, 0.3) is 11.4 Å². The monoisotopic (exact) mass is 269 g/mol. The summed E-state index contributed by atoms with van der Waals surface area (Å²) in [4.78, 5) is 0. The Morgan fingerprint density at radius 3 is 2.47 bits per heavy atom. The molecule has 0 spiro atoms. The van der Waals surface area contributed by atoms with Gasteiger partial charge in [0.15, 0.2) is 5.82 Å². The molecule has 90 valence electrons. The van der Waals surface area contributed by atoms with Crippen LogP contribution in [0.3, 0.4) is 0 Å². The van der Waals surface area contributed by atoms with Crippen molar-refractivity contribution in [1.29, 1.82) is 0 Å². The Morgan fingerprint density at radius 2 is 1.88 bits per heavy atom. The van der Waals surface area contributed by atoms with E-state index in [1.54, 1.807) is 0 Å². The van der Waals surface area contributed by atoms with E-state index >= 15 is 0 Å². The first kappa shape index (κ1) is 12.4. The van der Waals surface area contributed by atoms with Crippen LogP contribution in [0.15, 0.2) is 24.3 Å². The van der Waals surface area contributed by atoms with E-state index in [4.69, 9.17) is 23.2 Å². The second-order valence-corrected chi connectivity index (χ2v) is 4.44. The Kier molecular flexibility index (Phi) is 4.02. The number of hydrogen-bond donors (Lipinski definition) is 0. The minimum atomic E-state index is 0.376. The molecular formula is C12H13Cl2N3. The minimum Gasteiger partial charge on any atom is -0.310 e. The largest absolute Gasteiger partial charge is 0.310 e. The van der Waals surface area contributed by atoms with Crippen LogP contribution < -0.4 is 0 Å². The fourth-order valence-corrected chi connectivity index (χ4v) is 2.03. The summed E-state index contributed by atoms with van der Waals surface area (Å²) in [5.74, 6) is 2.03. The van der Waals surface area contributed by atoms with E-state index in [-0.39, 0.29) is 0 Å². The Hall–Kier alpha value is -1.06. The molecule has 0 saturated carbocycles. The fourth-order valence-electron chi connectivity index (χ4n) is 1.71. The van der Waals surface area contributed by atoms with Gasteiger partial charge in [-0.15, -0.1) is 21.8 Å². The van der Waals surface area contributed by atoms with E-state index in [9.17, 15) is 0 Å². The van der Waals surface area contributed by atoms with Crippen LogP contribution in [0.4, 0.5) is 0 Å². The standard InChI is InChI=1S/C12H13Cl2N3/c1-2-7-17-11(8-13)15-16-12(17)9-3-5-10(14)6-4-9/h3-6H,2,7-8H2,1H3. The van der Waals surface area contributed by atoms with Crippen LogP contribution in [-0.4, -0.2) is 14.8 Å². The van der Waals surface area contributed by atoms with Gasteiger partial charge < -0.3 is 4.57 Å². The lowest BCUT2D eigenvalue weighted by atomic mass is 10.2. The zero-order valence-electron chi connectivity index (χ0n) is 9.53. The summed E-state index contributed by atoms with van der Waals surface area (Å²) in [6.45, 7) is 2.98. The molecular weight excluding hydrogens is 257 g/mol. The van der Waals surface area contributed by atoms with Crippen LogP contribution in [0.1, 0.15) is 19.2 Å². The first-order valence-electron chi connectivity index (χ1n) is 5.50. The zero-order valence-corrected chi connectivity index (χ0v) is 11.0. The number of halogens is 2. The van der Waals surface area contributed by atoms with Crippen molar-refractivity contribution in [2.75, 3.05) is 0 Å². The average molecular weight is 270 g/mol. The van der Waals surface area contributed by atoms with Crippen molar-refractivity contribution in [3.8, 4) is 11.4 Å². The van der Waals surface area contributed by atoms with Crippen molar-refractivity contribution < 1.29 is 0 Å². The van der Waals surface area contributed by atoms with Gasteiger partial charge in [-0.2, -0.15) is 0 Å². The smallest absolute Gasteiger partial charge is 0.163 e. The van der Waals surface area contributed by atoms with Crippen molar-refractivity contribution in [2.24, 2.45) is 0 Å². The molecule has 17 heavy (non-hydrogen) atoms. The molecule has 0 unspecified atom stereocenters. The van der Waals surface area contributed by atoms with Crippen molar-refractivity contribution in [3.05, 3.63) is 35.1 Å². The molecule has 0 atom stereocenters. The van der Waals surface area contributed by atoms with Crippen LogP contribution in [-0.2, 0) is 12.4 Å². The Bertz CT molecular complexity index is 491. The molecule has 0 N–H and O–H groups in total. The summed E-state index contributed by atoms with van der Waals surface area (Å²) in [5.41, 5.74) is 1.01. The van der Waals surface area contributed by atoms with Gasteiger partial charge in [0.25, 0.3) is 0 Å². The van der Waals surface area contributed by atoms with Crippen LogP contribution in [0.2, 0.25) is 5.02 Å². The van der Waals surface area contributed by atoms with E-state index in [0.717, 1.165) is 30.2 Å². The third kappa shape index (κ3) is 2.61. The van der Waals surface area contributed by atoms with E-state index in [1.165, 1.54) is 0 Å². The molecule has 0 fully saturated rings. The van der Waals surface area contributed by atoms with Gasteiger partial charge in [0, 0.05) is 17.1 Å². The quantitative estimate of drug-likeness (QED) is 0.792. The fraction of sp³-hybridized carbons (Fsp3) is 0.333. The first-order valence-corrected chi connectivity index (χ1v) is 6.41. The zero-order chi connectivity index (χ0) is 12.3. The highest BCUT2D eigenvalue weighted by Crippen LogP contribution is 2.21. The Morgan fingerprint density at radius 1 is 1.18 bits per heavy atom. The molecule has 1 aromatic carbocycles. The summed E-state index contributed by atoms with van der Waals surface area (Å²) in [6, 6.07) is 7.58. The lowest BCUT2D eigenvalue weighted by Crippen LogP contribution is -2.03. The predicted octanol–water partition coefficient (Wildman–Crippen LogP) is 3.75. The van der Waals surface area contributed by atoms with Gasteiger partial charge in [0.05, 0.1) is 5.88 Å². The minimum absolute atomic E-state index is 0.376. The molecule has 2 aromatic rings. The molecule has 0 bridgehead atoms. The highest BCUT2D eigenvalue weighted by Gasteiger charge is 2.12. The molecule has 0 radical (unpaired) electrons. The molecule has 0 saturated heterocycles. The van der Waals surface area contributed by atoms with Gasteiger partial charge in [-0.1, -0.05) is 18.5 Å². The van der Waals surface area contributed by atoms with Crippen molar-refractivity contribution in [2.45, 2.75) is 25.8 Å². The van der Waals surface area contributed by atoms with Crippen LogP contribution in [0.5, 0.6) is 0 Å². The SMILES string of the molecule is CCCn1c(CCl)nnc1-c1ccc(Cl)cc1. The molecule has 0 aliphatic rings. The van der Waals surface area contributed by atoms with Gasteiger partial charge in [0.2, 0.25) is 0 Å². The van der Waals surface area contributed by atoms with Crippen molar-refractivity contribution in [1.82, 2.24) is 14.8 Å². The molecule has 0 aliphatic carbocycles. The molecule has 0 aliphatic heterocycles. The summed E-state index contributed by atoms with van der Waals surface area (Å²) in [5, 5.41) is 9.01. The molecule has 1 heterocycles. The van der Waals surface area contributed by atoms with Crippen LogP contribution >= 0.6 is 23.2 Å². The second kappa shape index (κ2) is 5.52. The maximum absolute atomic E-state index is 5.87. The lowest BCUT2D eigenvalue weighted by molar-refractivity contribution is 0.659. The molecule has 1 aromatic heterocycles. The van der Waals surface area contributed by atoms with Gasteiger partial charge in [-0.3, -0.25) is 0 Å². The van der Waals surface area contributed by atoms with Gasteiger partial charge in [0.1, 0.15) is 5.82 Å². The van der Waals surface area contributed by atoms with E-state index in [1.807, 2.05) is 24.3 Å². The highest BCUT2D eigenvalue weighted by atomic mass is 35.5. The van der Waals surface area contributed by atoms with Crippen molar-refractivity contribution >= 4 is 23.2 Å². The third-order valence-electron chi connectivity index (χ3n) is 2.50. The maximum atomic E-state index is 5.87. The normalized spacial score (nSPS) is 10.8. The van der Waals surface area contributed by atoms with Gasteiger partial charge >= 0.3 is 0 Å². The summed E-state index contributed by atoms with van der Waals surface area (Å²) in [7, 11) is 0. The summed E-state index contributed by atoms with van der Waals surface area (Å²) < 4.78 is 2.05. The number of benzene rings is 1. The number of aromatic nitrogens is 3. The van der Waals surface area contributed by atoms with Crippen molar-refractivity contribution in [3.63, 3.8) is 0 Å². The molecule has 5 heteroatoms. The van der Waals surface area contributed by atoms with E-state index in [2.05, 4.69) is 21.7 Å². The summed E-state index contributed by atoms with van der Waals surface area (Å²) in [6.07, 6.45) is 1.02. The molecule has 2 rings (SSSR count). The van der Waals surface area contributed by atoms with Gasteiger partial charge in [-0.05, 0) is 30.7 Å². The highest BCUT2D eigenvalue weighted by molar-refractivity contribution is 6.30. The number of hydrogen-bond acceptors (Lipinski definition) is 2. The number of alkyl halides is 1.